The molecule has 1 rings (SSSR count). The lowest BCUT2D eigenvalue weighted by atomic mass is 10.1. The Hall–Kier alpha value is -1.65. The van der Waals surface area contributed by atoms with Crippen LogP contribution in [0.15, 0.2) is 30.3 Å². The van der Waals surface area contributed by atoms with Gasteiger partial charge >= 0.3 is 0 Å². The summed E-state index contributed by atoms with van der Waals surface area (Å²) >= 11 is 0. The van der Waals surface area contributed by atoms with Crippen molar-refractivity contribution < 1.29 is 4.58 Å². The number of hydrogen-bond acceptors (Lipinski definition) is 3. The number of allylic oxidation sites excluding steroid dienone is 1. The molecule has 0 radical (unpaired) electrons. The van der Waals surface area contributed by atoms with Crippen LogP contribution in [0.2, 0.25) is 0 Å². The minimum Gasteiger partial charge on any atom is -0.398 e. The molecule has 0 fully saturated rings. The second-order valence-corrected chi connectivity index (χ2v) is 4.14. The van der Waals surface area contributed by atoms with Gasteiger partial charge in [0.2, 0.25) is 0 Å². The van der Waals surface area contributed by atoms with Crippen molar-refractivity contribution in [2.75, 3.05) is 13.1 Å². The Morgan fingerprint density at radius 1 is 1.17 bits per heavy atom. The fourth-order valence-corrected chi connectivity index (χ4v) is 1.61. The van der Waals surface area contributed by atoms with Gasteiger partial charge in [0.1, 0.15) is 13.1 Å². The lowest BCUT2D eigenvalue weighted by Crippen LogP contribution is -2.19. The fraction of sp³-hybridized carbons (Fsp3) is 0.357. The van der Waals surface area contributed by atoms with E-state index in [2.05, 4.69) is 18.4 Å². The Bertz CT molecular complexity index is 424. The molecule has 0 heterocycles. The van der Waals surface area contributed by atoms with Crippen LogP contribution in [0, 0.1) is 0 Å². The third kappa shape index (κ3) is 3.98. The molecular formula is C14H23N4+. The molecule has 1 aromatic carbocycles. The molecule has 0 aromatic heterocycles. The highest BCUT2D eigenvalue weighted by molar-refractivity contribution is 5.80. The van der Waals surface area contributed by atoms with Crippen LogP contribution < -0.4 is 17.2 Å². The van der Waals surface area contributed by atoms with E-state index in [1.54, 1.807) is 0 Å². The highest BCUT2D eigenvalue weighted by Gasteiger charge is 2.01. The van der Waals surface area contributed by atoms with Gasteiger partial charge in [0.25, 0.3) is 0 Å². The first-order valence-electron chi connectivity index (χ1n) is 6.24. The number of rotatable bonds is 5. The number of nitrogens with two attached hydrogens (primary N) is 3. The average Bonchev–Trinajstić information content (AvgIpc) is 2.39. The van der Waals surface area contributed by atoms with Crippen LogP contribution in [0.25, 0.3) is 5.70 Å². The highest BCUT2D eigenvalue weighted by atomic mass is 15.0. The normalized spacial score (nSPS) is 11.7. The van der Waals surface area contributed by atoms with Crippen molar-refractivity contribution in [3.05, 3.63) is 41.5 Å². The van der Waals surface area contributed by atoms with Crippen molar-refractivity contribution in [1.82, 2.24) is 0 Å². The molecule has 1 aromatic rings. The van der Waals surface area contributed by atoms with Crippen LogP contribution >= 0.6 is 0 Å². The molecular weight excluding hydrogens is 224 g/mol. The third-order valence-corrected chi connectivity index (χ3v) is 2.91. The van der Waals surface area contributed by atoms with Gasteiger partial charge in [-0.15, -0.1) is 0 Å². The Labute approximate surface area is 109 Å². The molecule has 0 aliphatic carbocycles. The Kier molecular flexibility index (Phi) is 5.55. The summed E-state index contributed by atoms with van der Waals surface area (Å²) in [5.74, 6) is 0. The third-order valence-electron chi connectivity index (χ3n) is 2.91. The lowest BCUT2D eigenvalue weighted by molar-refractivity contribution is -0.515. The quantitative estimate of drug-likeness (QED) is 0.413. The molecule has 0 amide bonds. The maximum Gasteiger partial charge on any atom is 0.165 e. The first-order chi connectivity index (χ1) is 8.58. The zero-order valence-electron chi connectivity index (χ0n) is 11.1. The smallest absolute Gasteiger partial charge is 0.165 e. The number of benzene rings is 1. The molecule has 0 bridgehead atoms. The van der Waals surface area contributed by atoms with Crippen molar-refractivity contribution >= 4 is 11.9 Å². The molecule has 0 atom stereocenters. The van der Waals surface area contributed by atoms with E-state index in [-0.39, 0.29) is 0 Å². The number of hydrogen-bond donors (Lipinski definition) is 3. The highest BCUT2D eigenvalue weighted by Crippen LogP contribution is 2.12. The van der Waals surface area contributed by atoms with Gasteiger partial charge in [-0.3, -0.25) is 0 Å². The summed E-state index contributed by atoms with van der Waals surface area (Å²) in [4.78, 5) is 0. The second kappa shape index (κ2) is 6.93. The summed E-state index contributed by atoms with van der Waals surface area (Å²) in [5.41, 5.74) is 19.8. The standard InChI is InChI=1S/C14H22N4/c1-3-18(4-2)10-9-13(15)11-5-7-12(8-6-11)14(16)17/h5-10,14-15H,3-4,16-17H2,1-2H3/p+1. The predicted molar refractivity (Wildman–Crippen MR) is 77.1 cm³/mol. The molecule has 18 heavy (non-hydrogen) atoms. The predicted octanol–water partition coefficient (Wildman–Crippen LogP) is 1.03. The monoisotopic (exact) mass is 247 g/mol. The molecule has 4 nitrogen and oxygen atoms in total. The van der Waals surface area contributed by atoms with Crippen molar-refractivity contribution in [3.63, 3.8) is 0 Å². The van der Waals surface area contributed by atoms with Crippen LogP contribution in [0.4, 0.5) is 0 Å². The summed E-state index contributed by atoms with van der Waals surface area (Å²) in [6.07, 6.45) is 3.49. The summed E-state index contributed by atoms with van der Waals surface area (Å²) in [5, 5.41) is 0. The number of nitrogens with zero attached hydrogens (tertiary/aromatic N) is 1. The maximum absolute atomic E-state index is 6.02. The molecule has 6 N–H and O–H groups in total. The summed E-state index contributed by atoms with van der Waals surface area (Å²) in [6.45, 7) is 6.17. The topological polar surface area (TPSA) is 81.1 Å². The van der Waals surface area contributed by atoms with Crippen LogP contribution in [0.1, 0.15) is 31.1 Å². The Morgan fingerprint density at radius 2 is 1.72 bits per heavy atom. The van der Waals surface area contributed by atoms with E-state index in [4.69, 9.17) is 17.2 Å². The van der Waals surface area contributed by atoms with Gasteiger partial charge in [0.15, 0.2) is 6.21 Å². The largest absolute Gasteiger partial charge is 0.398 e. The van der Waals surface area contributed by atoms with Crippen molar-refractivity contribution in [2.45, 2.75) is 20.0 Å². The zero-order chi connectivity index (χ0) is 13.5. The van der Waals surface area contributed by atoms with Gasteiger partial charge in [-0.1, -0.05) is 24.3 Å². The lowest BCUT2D eigenvalue weighted by Gasteiger charge is -2.06. The average molecular weight is 247 g/mol. The van der Waals surface area contributed by atoms with Gasteiger partial charge in [-0.05, 0) is 25.0 Å². The van der Waals surface area contributed by atoms with Gasteiger partial charge < -0.3 is 17.2 Å². The molecule has 0 aliphatic heterocycles. The van der Waals surface area contributed by atoms with Crippen molar-refractivity contribution in [2.24, 2.45) is 17.2 Å². The van der Waals surface area contributed by atoms with Gasteiger partial charge in [0, 0.05) is 11.8 Å². The Morgan fingerprint density at radius 3 is 2.17 bits per heavy atom. The van der Waals surface area contributed by atoms with E-state index in [0.717, 1.165) is 29.9 Å². The zero-order valence-corrected chi connectivity index (χ0v) is 11.1. The van der Waals surface area contributed by atoms with E-state index < -0.39 is 6.17 Å². The Balaban J connectivity index is 2.87. The molecule has 0 saturated heterocycles. The summed E-state index contributed by atoms with van der Waals surface area (Å²) in [7, 11) is 0. The maximum atomic E-state index is 6.02. The fourth-order valence-electron chi connectivity index (χ4n) is 1.61. The van der Waals surface area contributed by atoms with Gasteiger partial charge in [-0.2, -0.15) is 0 Å². The van der Waals surface area contributed by atoms with E-state index in [9.17, 15) is 0 Å². The molecule has 0 spiro atoms. The SMILES string of the molecule is CC[N+](=C/C=C(/N)c1ccc(C(N)N)cc1)CC. The molecule has 0 unspecified atom stereocenters. The van der Waals surface area contributed by atoms with Crippen LogP contribution in [-0.4, -0.2) is 23.9 Å². The van der Waals surface area contributed by atoms with Crippen LogP contribution in [-0.2, 0) is 0 Å². The van der Waals surface area contributed by atoms with Crippen molar-refractivity contribution in [3.8, 4) is 0 Å². The first-order valence-corrected chi connectivity index (χ1v) is 6.24. The first kappa shape index (κ1) is 14.4. The minimum absolute atomic E-state index is 0.438. The second-order valence-electron chi connectivity index (χ2n) is 4.14. The van der Waals surface area contributed by atoms with E-state index in [0.29, 0.717) is 0 Å². The summed E-state index contributed by atoms with van der Waals surface area (Å²) in [6, 6.07) is 7.67. The van der Waals surface area contributed by atoms with Crippen LogP contribution in [0.5, 0.6) is 0 Å². The van der Waals surface area contributed by atoms with Crippen LogP contribution in [0.3, 0.4) is 0 Å². The molecule has 0 aliphatic rings. The molecule has 98 valence electrons. The van der Waals surface area contributed by atoms with Crippen molar-refractivity contribution in [1.29, 1.82) is 0 Å². The van der Waals surface area contributed by atoms with E-state index >= 15 is 0 Å². The van der Waals surface area contributed by atoms with E-state index in [1.165, 1.54) is 0 Å². The van der Waals surface area contributed by atoms with Gasteiger partial charge in [-0.25, -0.2) is 4.58 Å². The van der Waals surface area contributed by atoms with E-state index in [1.807, 2.05) is 36.6 Å². The molecule has 4 heteroatoms. The molecule has 0 saturated carbocycles. The minimum atomic E-state index is -0.438. The summed E-state index contributed by atoms with van der Waals surface area (Å²) < 4.78 is 2.18. The van der Waals surface area contributed by atoms with Gasteiger partial charge in [0.05, 0.1) is 6.17 Å².